The Labute approximate surface area is 444 Å². The van der Waals surface area contributed by atoms with Gasteiger partial charge in [-0.1, -0.05) is 38.1 Å². The number of amides is 2. The van der Waals surface area contributed by atoms with Crippen molar-refractivity contribution in [2.75, 3.05) is 115 Å². The van der Waals surface area contributed by atoms with Crippen LogP contribution in [0.5, 0.6) is 0 Å². The largest absolute Gasteiger partial charge is 0.381 e. The molecule has 5 fully saturated rings. The number of anilines is 2. The highest BCUT2D eigenvalue weighted by Crippen LogP contribution is 2.39. The zero-order valence-corrected chi connectivity index (χ0v) is 44.6. The number of benzene rings is 2. The number of nitrogens with one attached hydrogen (secondary N) is 2. The van der Waals surface area contributed by atoms with Gasteiger partial charge < -0.3 is 48.9 Å². The fraction of sp³-hybridized carbons (Fsp3) is 0.509. The van der Waals surface area contributed by atoms with E-state index in [4.69, 9.17) is 54.1 Å². The molecule has 404 valence electrons. The van der Waals surface area contributed by atoms with Gasteiger partial charge in [-0.05, 0) is 38.1 Å². The van der Waals surface area contributed by atoms with Gasteiger partial charge >= 0.3 is 0 Å². The van der Waals surface area contributed by atoms with Crippen molar-refractivity contribution in [2.24, 2.45) is 7.05 Å². The normalized spacial score (nSPS) is 18.7. The first-order chi connectivity index (χ1) is 37.3. The first kappa shape index (κ1) is 50.6. The van der Waals surface area contributed by atoms with Gasteiger partial charge in [0.15, 0.2) is 39.6 Å². The predicted molar refractivity (Wildman–Crippen MR) is 287 cm³/mol. The van der Waals surface area contributed by atoms with Crippen LogP contribution >= 0.6 is 0 Å². The Morgan fingerprint density at radius 1 is 0.766 bits per heavy atom. The number of imidazole rings is 4. The lowest BCUT2D eigenvalue weighted by atomic mass is 9.90. The first-order valence-electron chi connectivity index (χ1n) is 26.7. The smallest absolute Gasteiger partial charge is 0.254 e. The van der Waals surface area contributed by atoms with Crippen LogP contribution < -0.4 is 15.1 Å². The summed E-state index contributed by atoms with van der Waals surface area (Å²) in [5, 5.41) is 13.1. The third-order valence-electron chi connectivity index (χ3n) is 15.4. The minimum absolute atomic E-state index is 0.119. The number of likely N-dealkylation sites (tertiary alicyclic amines) is 2. The van der Waals surface area contributed by atoms with Gasteiger partial charge in [-0.3, -0.25) is 28.5 Å². The number of piperazine rings is 1. The second-order valence-electron chi connectivity index (χ2n) is 20.9. The molecule has 6 aromatic heterocycles. The fourth-order valence-electron chi connectivity index (χ4n) is 11.2. The summed E-state index contributed by atoms with van der Waals surface area (Å²) in [5.74, 6) is 5.81. The molecule has 3 N–H and O–H groups in total. The van der Waals surface area contributed by atoms with Gasteiger partial charge in [0.1, 0.15) is 28.9 Å². The number of hydrogen-bond donors (Lipinski definition) is 3. The minimum Gasteiger partial charge on any atom is -0.381 e. The van der Waals surface area contributed by atoms with Crippen molar-refractivity contribution in [3.8, 4) is 11.9 Å². The summed E-state index contributed by atoms with van der Waals surface area (Å²) >= 11 is 0. The third-order valence-corrected chi connectivity index (χ3v) is 15.4. The number of aryl methyl sites for hydroxylation is 3. The van der Waals surface area contributed by atoms with Crippen molar-refractivity contribution in [3.05, 3.63) is 71.8 Å². The highest BCUT2D eigenvalue weighted by molar-refractivity contribution is 5.88. The number of H-pyrrole nitrogens is 1. The van der Waals surface area contributed by atoms with Crippen molar-refractivity contribution in [2.45, 2.75) is 64.3 Å². The topological polar surface area (TPSA) is 244 Å². The number of nitrogens with zero attached hydrogens (tertiary/aromatic N) is 16. The van der Waals surface area contributed by atoms with E-state index in [1.807, 2.05) is 58.6 Å². The van der Waals surface area contributed by atoms with Crippen molar-refractivity contribution in [3.63, 3.8) is 0 Å². The lowest BCUT2D eigenvalue weighted by Crippen LogP contribution is -2.66. The van der Waals surface area contributed by atoms with Gasteiger partial charge in [-0.2, -0.15) is 19.9 Å². The number of methoxy groups -OCH3 is 1. The molecule has 5 aliphatic rings. The zero-order chi connectivity index (χ0) is 53.2. The van der Waals surface area contributed by atoms with Gasteiger partial charge in [0, 0.05) is 85.4 Å². The van der Waals surface area contributed by atoms with E-state index in [9.17, 15) is 14.7 Å². The summed E-state index contributed by atoms with van der Waals surface area (Å²) in [4.78, 5) is 78.4. The highest BCUT2D eigenvalue weighted by atomic mass is 16.5. The van der Waals surface area contributed by atoms with Crippen LogP contribution in [-0.4, -0.2) is 207 Å². The molecule has 24 nitrogen and oxygen atoms in total. The summed E-state index contributed by atoms with van der Waals surface area (Å²) in [6, 6.07) is 16.5. The molecule has 0 saturated carbocycles. The Bertz CT molecular complexity index is 3500. The SMILES string of the molecule is CCc1nc2ccccc2n1-c1nc(N2CCOCC2)c2nc(C3(OC)CN(C(=O)C(C)(C)O)C3)n(C)c2n1.CCc1nc2ccccc2n1-c1nc(N2CCOCC2)c2nc(CN3CC(N4CCNC(=O)C4)C3)[nH]c2n1. The summed E-state index contributed by atoms with van der Waals surface area (Å²) in [6.07, 6.45) is 1.49. The number of hydrogen-bond acceptors (Lipinski definition) is 18. The van der Waals surface area contributed by atoms with E-state index in [0.29, 0.717) is 87.5 Å². The molecule has 0 unspecified atom stereocenters. The molecule has 77 heavy (non-hydrogen) atoms. The monoisotopic (exact) mass is 1050 g/mol. The molecular weight excluding hydrogens is 985 g/mol. The van der Waals surface area contributed by atoms with Crippen LogP contribution in [0, 0.1) is 0 Å². The predicted octanol–water partition coefficient (Wildman–Crippen LogP) is 2.26. The number of aromatic amines is 1. The van der Waals surface area contributed by atoms with Crippen molar-refractivity contribution in [1.29, 1.82) is 0 Å². The van der Waals surface area contributed by atoms with Crippen LogP contribution in [0.25, 0.3) is 56.3 Å². The number of aromatic nitrogens is 12. The van der Waals surface area contributed by atoms with Crippen molar-refractivity contribution < 1.29 is 28.9 Å². The highest BCUT2D eigenvalue weighted by Gasteiger charge is 2.52. The van der Waals surface area contributed by atoms with Crippen LogP contribution in [0.3, 0.4) is 0 Å². The summed E-state index contributed by atoms with van der Waals surface area (Å²) in [7, 11) is 3.54. The molecule has 0 atom stereocenters. The molecule has 2 aromatic carbocycles. The first-order valence-corrected chi connectivity index (χ1v) is 26.7. The number of para-hydroxylation sites is 4. The average Bonchev–Trinajstić information content (AvgIpc) is 4.43. The molecule has 0 spiro atoms. The van der Waals surface area contributed by atoms with E-state index in [1.165, 1.54) is 13.8 Å². The molecule has 24 heteroatoms. The standard InChI is InChI=1S/C27H34N8O4.C26H32N10O2/c1-6-19-28-17-9-7-8-10-18(17)35(19)25-30-21-20(22(31-25)33-11-13-39-14-12-33)29-23(32(21)4)27(38-5)15-34(16-27)24(36)26(2,3)37;1-2-21-28-18-5-3-4-6-19(18)36(21)26-31-24-23(25(32-26)34-9-11-38-12-10-34)29-20(30-24)15-33-13-17(14-33)35-8-7-27-22(37)16-35/h7-10,37H,6,11-16H2,1-5H3;3-6,17H,2,7-16H2,1H3,(H,27,37)(H,29,30,31,32). The summed E-state index contributed by atoms with van der Waals surface area (Å²) in [5.41, 5.74) is 4.34. The quantitative estimate of drug-likeness (QED) is 0.159. The Morgan fingerprint density at radius 2 is 1.34 bits per heavy atom. The van der Waals surface area contributed by atoms with E-state index in [1.54, 1.807) is 12.0 Å². The number of carbonyl (C=O) groups excluding carboxylic acids is 2. The number of aliphatic hydroxyl groups is 1. The number of ether oxygens (including phenoxy) is 3. The van der Waals surface area contributed by atoms with Crippen LogP contribution in [-0.2, 0) is 55.8 Å². The Balaban J connectivity index is 0.000000155. The van der Waals surface area contributed by atoms with Crippen LogP contribution in [0.2, 0.25) is 0 Å². The van der Waals surface area contributed by atoms with Crippen LogP contribution in [0.15, 0.2) is 48.5 Å². The molecule has 13 rings (SSSR count). The molecular formula is C53H66N18O6. The van der Waals surface area contributed by atoms with Gasteiger partial charge in [-0.25, -0.2) is 19.9 Å². The number of morpholine rings is 2. The van der Waals surface area contributed by atoms with Gasteiger partial charge in [-0.15, -0.1) is 0 Å². The van der Waals surface area contributed by atoms with Crippen LogP contribution in [0.4, 0.5) is 11.6 Å². The Kier molecular flexibility index (Phi) is 13.3. The maximum Gasteiger partial charge on any atom is 0.254 e. The van der Waals surface area contributed by atoms with E-state index < -0.39 is 11.2 Å². The van der Waals surface area contributed by atoms with E-state index in [2.05, 4.69) is 54.4 Å². The Hall–Kier alpha value is -7.22. The van der Waals surface area contributed by atoms with Crippen molar-refractivity contribution >= 4 is 67.8 Å². The second-order valence-corrected chi connectivity index (χ2v) is 20.9. The Morgan fingerprint density at radius 3 is 1.90 bits per heavy atom. The van der Waals surface area contributed by atoms with E-state index in [0.717, 1.165) is 114 Å². The minimum atomic E-state index is -1.46. The number of rotatable bonds is 12. The van der Waals surface area contributed by atoms with E-state index in [-0.39, 0.29) is 24.9 Å². The second kappa shape index (κ2) is 20.3. The fourth-order valence-corrected chi connectivity index (χ4v) is 11.2. The maximum absolute atomic E-state index is 12.7. The number of carbonyl (C=O) groups is 2. The molecule has 0 aliphatic carbocycles. The van der Waals surface area contributed by atoms with Gasteiger partial charge in [0.2, 0.25) is 17.8 Å². The zero-order valence-electron chi connectivity index (χ0n) is 44.6. The summed E-state index contributed by atoms with van der Waals surface area (Å²) in [6.45, 7) is 17.8. The molecule has 8 aromatic rings. The van der Waals surface area contributed by atoms with Crippen molar-refractivity contribution in [1.82, 2.24) is 78.6 Å². The number of fused-ring (bicyclic) bond motifs is 4. The molecule has 0 bridgehead atoms. The molecule has 0 radical (unpaired) electrons. The maximum atomic E-state index is 12.7. The molecule has 5 aliphatic heterocycles. The average molecular weight is 1050 g/mol. The van der Waals surface area contributed by atoms with Crippen LogP contribution in [0.1, 0.15) is 51.0 Å². The molecule has 11 heterocycles. The lowest BCUT2D eigenvalue weighted by Gasteiger charge is -2.49. The van der Waals surface area contributed by atoms with Gasteiger partial charge in [0.25, 0.3) is 5.91 Å². The molecule has 5 saturated heterocycles. The summed E-state index contributed by atoms with van der Waals surface area (Å²) < 4.78 is 23.2. The van der Waals surface area contributed by atoms with E-state index >= 15 is 0 Å². The van der Waals surface area contributed by atoms with Gasteiger partial charge in [0.05, 0.1) is 74.7 Å². The lowest BCUT2D eigenvalue weighted by molar-refractivity contribution is -0.180. The molecule has 2 amide bonds. The third kappa shape index (κ3) is 9.28.